The van der Waals surface area contributed by atoms with E-state index in [2.05, 4.69) is 18.7 Å². The van der Waals surface area contributed by atoms with Gasteiger partial charge in [-0.1, -0.05) is 32.0 Å². The average Bonchev–Trinajstić information content (AvgIpc) is 2.95. The summed E-state index contributed by atoms with van der Waals surface area (Å²) in [6, 6.07) is 12.3. The first kappa shape index (κ1) is 18.9. The first-order chi connectivity index (χ1) is 13.0. The van der Waals surface area contributed by atoms with Gasteiger partial charge in [-0.2, -0.15) is 0 Å². The maximum atomic E-state index is 13.1. The Kier molecular flexibility index (Phi) is 5.46. The maximum absolute atomic E-state index is 13.1. The van der Waals surface area contributed by atoms with E-state index in [-0.39, 0.29) is 11.9 Å². The zero-order valence-corrected chi connectivity index (χ0v) is 15.8. The Labute approximate surface area is 159 Å². The van der Waals surface area contributed by atoms with Gasteiger partial charge in [-0.3, -0.25) is 9.59 Å². The van der Waals surface area contributed by atoms with Crippen molar-refractivity contribution in [2.75, 3.05) is 31.9 Å². The van der Waals surface area contributed by atoms with E-state index in [1.807, 2.05) is 29.2 Å². The molecule has 0 saturated heterocycles. The fraction of sp³-hybridized carbons (Fsp3) is 0.333. The number of nitrogen functional groups attached to an aromatic ring is 1. The Balaban J connectivity index is 2.04. The molecule has 4 N–H and O–H groups in total. The smallest absolute Gasteiger partial charge is 0.255 e. The predicted octanol–water partition coefficient (Wildman–Crippen LogP) is 2.25. The van der Waals surface area contributed by atoms with Crippen LogP contribution in [0.1, 0.15) is 51.7 Å². The van der Waals surface area contributed by atoms with Crippen molar-refractivity contribution in [2.45, 2.75) is 19.9 Å². The standard InChI is InChI=1S/C21H26N4O2/c1-3-24(4-2)11-12-25-19(15-7-5-6-8-16(15)21(25)27)17-13-14(20(23)26)9-10-18(17)22/h5-10,13,19H,3-4,11-12,22H2,1-2H3,(H2,23,26). The molecule has 3 rings (SSSR count). The molecule has 6 nitrogen and oxygen atoms in total. The number of rotatable bonds is 7. The number of amides is 2. The molecule has 1 atom stereocenters. The second-order valence-electron chi connectivity index (χ2n) is 6.72. The van der Waals surface area contributed by atoms with Gasteiger partial charge in [-0.25, -0.2) is 0 Å². The molecule has 0 aromatic heterocycles. The summed E-state index contributed by atoms with van der Waals surface area (Å²) < 4.78 is 0. The third-order valence-corrected chi connectivity index (χ3v) is 5.28. The zero-order chi connectivity index (χ0) is 19.6. The molecule has 2 aromatic rings. The fourth-order valence-electron chi connectivity index (χ4n) is 3.69. The first-order valence-corrected chi connectivity index (χ1v) is 9.29. The molecule has 0 bridgehead atoms. The van der Waals surface area contributed by atoms with Gasteiger partial charge in [-0.05, 0) is 42.9 Å². The van der Waals surface area contributed by atoms with Gasteiger partial charge in [0, 0.05) is 35.5 Å². The van der Waals surface area contributed by atoms with Crippen LogP contribution >= 0.6 is 0 Å². The first-order valence-electron chi connectivity index (χ1n) is 9.29. The number of nitrogens with zero attached hydrogens (tertiary/aromatic N) is 2. The third-order valence-electron chi connectivity index (χ3n) is 5.28. The van der Waals surface area contributed by atoms with Crippen molar-refractivity contribution in [1.82, 2.24) is 9.80 Å². The predicted molar refractivity (Wildman–Crippen MR) is 106 cm³/mol. The van der Waals surface area contributed by atoms with Crippen molar-refractivity contribution in [3.63, 3.8) is 0 Å². The Hall–Kier alpha value is -2.86. The molecule has 0 fully saturated rings. The second-order valence-corrected chi connectivity index (χ2v) is 6.72. The molecule has 1 aliphatic rings. The Morgan fingerprint density at radius 2 is 1.81 bits per heavy atom. The fourth-order valence-corrected chi connectivity index (χ4v) is 3.69. The zero-order valence-electron chi connectivity index (χ0n) is 15.8. The quantitative estimate of drug-likeness (QED) is 0.735. The van der Waals surface area contributed by atoms with Gasteiger partial charge in [0.15, 0.2) is 0 Å². The van der Waals surface area contributed by atoms with Gasteiger partial charge >= 0.3 is 0 Å². The Morgan fingerprint density at radius 3 is 2.48 bits per heavy atom. The summed E-state index contributed by atoms with van der Waals surface area (Å²) in [4.78, 5) is 28.9. The third kappa shape index (κ3) is 3.53. The lowest BCUT2D eigenvalue weighted by molar-refractivity contribution is 0.0730. The molecule has 142 valence electrons. The molecule has 0 spiro atoms. The highest BCUT2D eigenvalue weighted by Crippen LogP contribution is 2.40. The van der Waals surface area contributed by atoms with E-state index in [0.29, 0.717) is 23.4 Å². The van der Waals surface area contributed by atoms with Crippen LogP contribution in [-0.4, -0.2) is 47.8 Å². The SMILES string of the molecule is CCN(CC)CCN1C(=O)c2ccccc2C1c1cc(C(N)=O)ccc1N. The van der Waals surface area contributed by atoms with Gasteiger partial charge in [0.2, 0.25) is 5.91 Å². The lowest BCUT2D eigenvalue weighted by Gasteiger charge is -2.29. The highest BCUT2D eigenvalue weighted by molar-refractivity contribution is 6.00. The summed E-state index contributed by atoms with van der Waals surface area (Å²) in [6.07, 6.45) is 0. The van der Waals surface area contributed by atoms with Crippen LogP contribution in [0.15, 0.2) is 42.5 Å². The van der Waals surface area contributed by atoms with Crippen LogP contribution in [0.4, 0.5) is 5.69 Å². The number of likely N-dealkylation sites (N-methyl/N-ethyl adjacent to an activating group) is 1. The minimum atomic E-state index is -0.511. The van der Waals surface area contributed by atoms with E-state index in [1.165, 1.54) is 0 Å². The molecule has 0 saturated carbocycles. The number of anilines is 1. The summed E-state index contributed by atoms with van der Waals surface area (Å²) in [5.41, 5.74) is 15.0. The van der Waals surface area contributed by atoms with E-state index < -0.39 is 5.91 Å². The van der Waals surface area contributed by atoms with Crippen molar-refractivity contribution in [3.8, 4) is 0 Å². The van der Waals surface area contributed by atoms with Crippen molar-refractivity contribution >= 4 is 17.5 Å². The Morgan fingerprint density at radius 1 is 1.11 bits per heavy atom. The van der Waals surface area contributed by atoms with E-state index in [0.717, 1.165) is 30.8 Å². The van der Waals surface area contributed by atoms with Gasteiger partial charge in [0.25, 0.3) is 5.91 Å². The van der Waals surface area contributed by atoms with Crippen LogP contribution in [-0.2, 0) is 0 Å². The molecular weight excluding hydrogens is 340 g/mol. The molecule has 0 aliphatic carbocycles. The number of carbonyl (C=O) groups is 2. The molecule has 6 heteroatoms. The van der Waals surface area contributed by atoms with Crippen LogP contribution in [0.3, 0.4) is 0 Å². The highest BCUT2D eigenvalue weighted by atomic mass is 16.2. The number of primary amides is 1. The van der Waals surface area contributed by atoms with E-state index >= 15 is 0 Å². The summed E-state index contributed by atoms with van der Waals surface area (Å²) in [6.45, 7) is 7.43. The van der Waals surface area contributed by atoms with E-state index in [4.69, 9.17) is 11.5 Å². The summed E-state index contributed by atoms with van der Waals surface area (Å²) >= 11 is 0. The molecule has 2 amide bonds. The van der Waals surface area contributed by atoms with Crippen LogP contribution in [0.2, 0.25) is 0 Å². The second kappa shape index (κ2) is 7.80. The van der Waals surface area contributed by atoms with Crippen molar-refractivity contribution in [1.29, 1.82) is 0 Å². The normalized spacial score (nSPS) is 16.0. The number of hydrogen-bond acceptors (Lipinski definition) is 4. The number of benzene rings is 2. The average molecular weight is 366 g/mol. The van der Waals surface area contributed by atoms with E-state index in [9.17, 15) is 9.59 Å². The van der Waals surface area contributed by atoms with Crippen LogP contribution in [0.25, 0.3) is 0 Å². The minimum Gasteiger partial charge on any atom is -0.398 e. The molecule has 2 aromatic carbocycles. The van der Waals surface area contributed by atoms with Crippen LogP contribution < -0.4 is 11.5 Å². The molecule has 1 heterocycles. The summed E-state index contributed by atoms with van der Waals surface area (Å²) in [5, 5.41) is 0. The monoisotopic (exact) mass is 366 g/mol. The molecule has 0 radical (unpaired) electrons. The van der Waals surface area contributed by atoms with Crippen LogP contribution in [0, 0.1) is 0 Å². The maximum Gasteiger partial charge on any atom is 0.255 e. The topological polar surface area (TPSA) is 92.7 Å². The highest BCUT2D eigenvalue weighted by Gasteiger charge is 2.38. The molecule has 1 aliphatic heterocycles. The van der Waals surface area contributed by atoms with Gasteiger partial charge < -0.3 is 21.3 Å². The number of nitrogens with two attached hydrogens (primary N) is 2. The van der Waals surface area contributed by atoms with Gasteiger partial charge in [0.05, 0.1) is 6.04 Å². The van der Waals surface area contributed by atoms with Gasteiger partial charge in [-0.15, -0.1) is 0 Å². The molecular formula is C21H26N4O2. The van der Waals surface area contributed by atoms with Crippen molar-refractivity contribution in [3.05, 3.63) is 64.7 Å². The number of fused-ring (bicyclic) bond motifs is 1. The van der Waals surface area contributed by atoms with Crippen molar-refractivity contribution < 1.29 is 9.59 Å². The minimum absolute atomic E-state index is 0.00775. The van der Waals surface area contributed by atoms with Crippen molar-refractivity contribution in [2.24, 2.45) is 5.73 Å². The van der Waals surface area contributed by atoms with Crippen LogP contribution in [0.5, 0.6) is 0 Å². The number of carbonyl (C=O) groups excluding carboxylic acids is 2. The number of hydrogen-bond donors (Lipinski definition) is 2. The summed E-state index contributed by atoms with van der Waals surface area (Å²) in [7, 11) is 0. The Bertz CT molecular complexity index is 861. The lowest BCUT2D eigenvalue weighted by atomic mass is 9.95. The molecule has 27 heavy (non-hydrogen) atoms. The lowest BCUT2D eigenvalue weighted by Crippen LogP contribution is -2.37. The largest absolute Gasteiger partial charge is 0.398 e. The van der Waals surface area contributed by atoms with E-state index in [1.54, 1.807) is 18.2 Å². The summed E-state index contributed by atoms with van der Waals surface area (Å²) in [5.74, 6) is -0.518. The molecule has 1 unspecified atom stereocenters. The van der Waals surface area contributed by atoms with Gasteiger partial charge in [0.1, 0.15) is 0 Å².